The van der Waals surface area contributed by atoms with E-state index in [1.54, 1.807) is 6.20 Å². The lowest BCUT2D eigenvalue weighted by Crippen LogP contribution is -2.17. The van der Waals surface area contributed by atoms with Gasteiger partial charge in [-0.05, 0) is 49.2 Å². The van der Waals surface area contributed by atoms with Gasteiger partial charge in [-0.15, -0.1) is 0 Å². The Bertz CT molecular complexity index is 1080. The van der Waals surface area contributed by atoms with Gasteiger partial charge in [0, 0.05) is 53.0 Å². The van der Waals surface area contributed by atoms with Crippen molar-refractivity contribution in [2.45, 2.75) is 12.8 Å². The van der Waals surface area contributed by atoms with Gasteiger partial charge in [0.25, 0.3) is 0 Å². The van der Waals surface area contributed by atoms with E-state index in [-0.39, 0.29) is 0 Å². The van der Waals surface area contributed by atoms with Crippen LogP contribution in [0.4, 0.5) is 5.69 Å². The summed E-state index contributed by atoms with van der Waals surface area (Å²) in [4.78, 5) is 6.75. The zero-order chi connectivity index (χ0) is 16.8. The van der Waals surface area contributed by atoms with Crippen LogP contribution in [0.1, 0.15) is 12.8 Å². The van der Waals surface area contributed by atoms with Gasteiger partial charge in [-0.3, -0.25) is 9.55 Å². The smallest absolute Gasteiger partial charge is 0.203 e. The lowest BCUT2D eigenvalue weighted by Gasteiger charge is -2.17. The van der Waals surface area contributed by atoms with Crippen LogP contribution in [0.2, 0.25) is 0 Å². The quantitative estimate of drug-likeness (QED) is 0.589. The van der Waals surface area contributed by atoms with Gasteiger partial charge >= 0.3 is 0 Å². The van der Waals surface area contributed by atoms with Gasteiger partial charge in [-0.1, -0.05) is 12.1 Å². The van der Waals surface area contributed by atoms with Crippen LogP contribution in [0.5, 0.6) is 5.88 Å². The number of benzene rings is 2. The minimum atomic E-state index is 0.291. The fourth-order valence-corrected chi connectivity index (χ4v) is 3.76. The third-order valence-electron chi connectivity index (χ3n) is 5.11. The highest BCUT2D eigenvalue weighted by Gasteiger charge is 2.15. The summed E-state index contributed by atoms with van der Waals surface area (Å²) in [6, 6.07) is 16.4. The molecule has 0 atom stereocenters. The predicted molar refractivity (Wildman–Crippen MR) is 102 cm³/mol. The summed E-state index contributed by atoms with van der Waals surface area (Å²) in [5.41, 5.74) is 3.09. The number of nitrogens with zero attached hydrogens (tertiary/aromatic N) is 3. The molecule has 3 heterocycles. The van der Waals surface area contributed by atoms with Crippen LogP contribution in [-0.4, -0.2) is 27.7 Å². The second kappa shape index (κ2) is 5.52. The Morgan fingerprint density at radius 3 is 2.60 bits per heavy atom. The molecule has 4 nitrogen and oxygen atoms in total. The Labute approximate surface area is 145 Å². The molecule has 4 aromatic rings. The average molecular weight is 329 g/mol. The Balaban J connectivity index is 1.63. The molecule has 124 valence electrons. The van der Waals surface area contributed by atoms with E-state index >= 15 is 0 Å². The van der Waals surface area contributed by atoms with Crippen molar-refractivity contribution < 1.29 is 5.11 Å². The molecule has 0 aliphatic carbocycles. The second-order valence-electron chi connectivity index (χ2n) is 6.67. The summed E-state index contributed by atoms with van der Waals surface area (Å²) >= 11 is 0. The Morgan fingerprint density at radius 1 is 0.880 bits per heavy atom. The number of fused-ring (bicyclic) bond motifs is 2. The van der Waals surface area contributed by atoms with Crippen LogP contribution in [0.25, 0.3) is 27.4 Å². The zero-order valence-corrected chi connectivity index (χ0v) is 13.9. The van der Waals surface area contributed by atoms with E-state index in [0.717, 1.165) is 40.5 Å². The van der Waals surface area contributed by atoms with Gasteiger partial charge in [0.05, 0.1) is 5.52 Å². The molecule has 2 aromatic carbocycles. The number of aromatic nitrogens is 2. The minimum absolute atomic E-state index is 0.291. The molecule has 0 radical (unpaired) electrons. The van der Waals surface area contributed by atoms with E-state index in [4.69, 9.17) is 0 Å². The van der Waals surface area contributed by atoms with Crippen LogP contribution in [-0.2, 0) is 0 Å². The van der Waals surface area contributed by atoms with Crippen molar-refractivity contribution in [2.75, 3.05) is 18.0 Å². The van der Waals surface area contributed by atoms with Crippen LogP contribution < -0.4 is 4.90 Å². The molecular formula is C21H19N3O. The molecule has 1 fully saturated rings. The van der Waals surface area contributed by atoms with E-state index in [1.165, 1.54) is 18.5 Å². The monoisotopic (exact) mass is 329 g/mol. The molecule has 1 aliphatic rings. The first-order valence-corrected chi connectivity index (χ1v) is 8.74. The summed E-state index contributed by atoms with van der Waals surface area (Å²) < 4.78 is 1.85. The van der Waals surface area contributed by atoms with Gasteiger partial charge in [0.15, 0.2) is 0 Å². The number of hydrogen-bond donors (Lipinski definition) is 1. The number of anilines is 1. The first kappa shape index (κ1) is 14.3. The summed E-state index contributed by atoms with van der Waals surface area (Å²) in [5, 5.41) is 13.8. The van der Waals surface area contributed by atoms with Gasteiger partial charge in [-0.25, -0.2) is 0 Å². The predicted octanol–water partition coefficient (Wildman–Crippen LogP) is 4.48. The summed E-state index contributed by atoms with van der Waals surface area (Å²) in [6.45, 7) is 2.20. The minimum Gasteiger partial charge on any atom is -0.494 e. The van der Waals surface area contributed by atoms with E-state index in [9.17, 15) is 5.11 Å². The molecule has 25 heavy (non-hydrogen) atoms. The molecule has 0 spiro atoms. The van der Waals surface area contributed by atoms with E-state index < -0.39 is 0 Å². The Hall–Kier alpha value is -3.01. The molecule has 5 rings (SSSR count). The van der Waals surface area contributed by atoms with Gasteiger partial charge in [0.1, 0.15) is 0 Å². The normalized spacial score (nSPS) is 14.6. The number of pyridine rings is 1. The third-order valence-corrected chi connectivity index (χ3v) is 5.11. The topological polar surface area (TPSA) is 41.3 Å². The first-order valence-electron chi connectivity index (χ1n) is 8.74. The molecule has 2 aromatic heterocycles. The zero-order valence-electron chi connectivity index (χ0n) is 13.9. The van der Waals surface area contributed by atoms with E-state index in [1.807, 2.05) is 35.0 Å². The molecule has 0 amide bonds. The number of aromatic hydroxyl groups is 1. The van der Waals surface area contributed by atoms with Crippen molar-refractivity contribution >= 4 is 27.4 Å². The molecule has 1 saturated heterocycles. The highest BCUT2D eigenvalue weighted by molar-refractivity contribution is 5.92. The van der Waals surface area contributed by atoms with Gasteiger partial charge < -0.3 is 10.0 Å². The number of hydrogen-bond acceptors (Lipinski definition) is 3. The van der Waals surface area contributed by atoms with Crippen molar-refractivity contribution in [1.82, 2.24) is 9.55 Å². The van der Waals surface area contributed by atoms with E-state index in [2.05, 4.69) is 34.1 Å². The molecule has 0 bridgehead atoms. The lowest BCUT2D eigenvalue weighted by atomic mass is 10.2. The summed E-state index contributed by atoms with van der Waals surface area (Å²) in [5.74, 6) is 0.291. The highest BCUT2D eigenvalue weighted by atomic mass is 16.3. The number of rotatable bonds is 2. The van der Waals surface area contributed by atoms with Crippen LogP contribution in [0.15, 0.2) is 60.9 Å². The molecule has 4 heteroatoms. The Morgan fingerprint density at radius 2 is 1.72 bits per heavy atom. The summed E-state index contributed by atoms with van der Waals surface area (Å²) in [6.07, 6.45) is 6.28. The molecule has 1 N–H and O–H groups in total. The average Bonchev–Trinajstić information content (AvgIpc) is 3.30. The molecule has 0 saturated carbocycles. The summed E-state index contributed by atoms with van der Waals surface area (Å²) in [7, 11) is 0. The van der Waals surface area contributed by atoms with Crippen LogP contribution >= 0.6 is 0 Å². The SMILES string of the molecule is Oc1c2cc(N3CCCC3)ccc2cn1-c1ccc2ncccc2c1. The van der Waals surface area contributed by atoms with Crippen molar-refractivity contribution in [2.24, 2.45) is 0 Å². The second-order valence-corrected chi connectivity index (χ2v) is 6.67. The van der Waals surface area contributed by atoms with Gasteiger partial charge in [0.2, 0.25) is 5.88 Å². The standard InChI is InChI=1S/C21H19N3O/c25-21-19-13-17(23-10-1-2-11-23)6-5-16(19)14-24(21)18-7-8-20-15(12-18)4-3-9-22-20/h3-9,12-14,25H,1-2,10-11H2. The van der Waals surface area contributed by atoms with Crippen LogP contribution in [0.3, 0.4) is 0 Å². The third kappa shape index (κ3) is 2.33. The van der Waals surface area contributed by atoms with Crippen molar-refractivity contribution in [3.05, 3.63) is 60.9 Å². The van der Waals surface area contributed by atoms with Crippen molar-refractivity contribution in [3.8, 4) is 11.6 Å². The van der Waals surface area contributed by atoms with Crippen molar-refractivity contribution in [1.29, 1.82) is 0 Å². The molecular weight excluding hydrogens is 310 g/mol. The Kier molecular flexibility index (Phi) is 3.17. The fourth-order valence-electron chi connectivity index (χ4n) is 3.76. The van der Waals surface area contributed by atoms with Gasteiger partial charge in [-0.2, -0.15) is 0 Å². The molecule has 0 unspecified atom stereocenters. The maximum atomic E-state index is 10.8. The van der Waals surface area contributed by atoms with Crippen LogP contribution in [0, 0.1) is 0 Å². The molecule has 1 aliphatic heterocycles. The lowest BCUT2D eigenvalue weighted by molar-refractivity contribution is 0.448. The van der Waals surface area contributed by atoms with Crippen molar-refractivity contribution in [3.63, 3.8) is 0 Å². The van der Waals surface area contributed by atoms with E-state index in [0.29, 0.717) is 5.88 Å². The fraction of sp³-hybridized carbons (Fsp3) is 0.190. The maximum absolute atomic E-state index is 10.8. The maximum Gasteiger partial charge on any atom is 0.203 e. The highest BCUT2D eigenvalue weighted by Crippen LogP contribution is 2.34. The largest absolute Gasteiger partial charge is 0.494 e. The first-order chi connectivity index (χ1) is 12.3.